The molecule has 0 radical (unpaired) electrons. The van der Waals surface area contributed by atoms with Gasteiger partial charge in [0.25, 0.3) is 0 Å². The summed E-state index contributed by atoms with van der Waals surface area (Å²) in [5.41, 5.74) is 0.355. The van der Waals surface area contributed by atoms with Crippen molar-refractivity contribution < 1.29 is 23.9 Å². The fourth-order valence-electron chi connectivity index (χ4n) is 1.57. The Kier molecular flexibility index (Phi) is 3.75. The highest BCUT2D eigenvalue weighted by molar-refractivity contribution is 9.10. The summed E-state index contributed by atoms with van der Waals surface area (Å²) in [6.07, 6.45) is 0. The molecule has 0 spiro atoms. The van der Waals surface area contributed by atoms with Crippen LogP contribution in [0.3, 0.4) is 0 Å². The van der Waals surface area contributed by atoms with E-state index >= 15 is 0 Å². The van der Waals surface area contributed by atoms with Gasteiger partial charge in [-0.25, -0.2) is 4.79 Å². The van der Waals surface area contributed by atoms with Crippen LogP contribution in [0.25, 0.3) is 11.3 Å². The number of methoxy groups -OCH3 is 2. The lowest BCUT2D eigenvalue weighted by Gasteiger charge is -2.08. The van der Waals surface area contributed by atoms with E-state index in [0.717, 1.165) is 0 Å². The molecular formula is C12H10BrNO5. The smallest absolute Gasteiger partial charge is 0.359 e. The van der Waals surface area contributed by atoms with Crippen LogP contribution in [0, 0.1) is 0 Å². The van der Waals surface area contributed by atoms with Gasteiger partial charge in [0.1, 0.15) is 16.0 Å². The molecule has 6 nitrogen and oxygen atoms in total. The zero-order valence-electron chi connectivity index (χ0n) is 10.1. The van der Waals surface area contributed by atoms with E-state index in [-0.39, 0.29) is 15.9 Å². The summed E-state index contributed by atoms with van der Waals surface area (Å²) < 4.78 is 15.7. The third kappa shape index (κ3) is 2.41. The molecule has 100 valence electrons. The van der Waals surface area contributed by atoms with Gasteiger partial charge in [0, 0.05) is 0 Å². The largest absolute Gasteiger partial charge is 0.497 e. The second-order valence-corrected chi connectivity index (χ2v) is 4.34. The van der Waals surface area contributed by atoms with Gasteiger partial charge in [-0.05, 0) is 34.1 Å². The zero-order chi connectivity index (χ0) is 14.0. The quantitative estimate of drug-likeness (QED) is 0.929. The number of aromatic carboxylic acids is 1. The van der Waals surface area contributed by atoms with Gasteiger partial charge in [-0.1, -0.05) is 5.16 Å². The summed E-state index contributed by atoms with van der Waals surface area (Å²) in [5.74, 6) is 0.211. The standard InChI is InChI=1S/C12H10BrNO5/c1-17-6-3-4-8(18-2)7(5-6)11-9(13)10(12(15)16)14-19-11/h3-5H,1-2H3,(H,15,16). The summed E-state index contributed by atoms with van der Waals surface area (Å²) in [6, 6.07) is 5.10. The number of carboxylic acids is 1. The van der Waals surface area contributed by atoms with Crippen molar-refractivity contribution in [3.05, 3.63) is 28.4 Å². The van der Waals surface area contributed by atoms with Gasteiger partial charge >= 0.3 is 5.97 Å². The van der Waals surface area contributed by atoms with Crippen LogP contribution >= 0.6 is 15.9 Å². The van der Waals surface area contributed by atoms with Crippen LogP contribution in [0.15, 0.2) is 27.2 Å². The van der Waals surface area contributed by atoms with E-state index in [1.807, 2.05) is 0 Å². The molecule has 0 fully saturated rings. The van der Waals surface area contributed by atoms with Gasteiger partial charge in [0.05, 0.1) is 19.8 Å². The molecule has 2 aromatic rings. The Bertz CT molecular complexity index is 623. The predicted octanol–water partition coefficient (Wildman–Crippen LogP) is 2.82. The maximum Gasteiger partial charge on any atom is 0.359 e. The van der Waals surface area contributed by atoms with Crippen molar-refractivity contribution in [2.24, 2.45) is 0 Å². The van der Waals surface area contributed by atoms with E-state index in [4.69, 9.17) is 19.1 Å². The number of rotatable bonds is 4. The van der Waals surface area contributed by atoms with Gasteiger partial charge in [-0.2, -0.15) is 0 Å². The van der Waals surface area contributed by atoms with E-state index in [1.54, 1.807) is 18.2 Å². The molecule has 19 heavy (non-hydrogen) atoms. The fourth-order valence-corrected chi connectivity index (χ4v) is 2.10. The molecule has 1 aromatic heterocycles. The molecule has 0 atom stereocenters. The normalized spacial score (nSPS) is 10.3. The first-order valence-electron chi connectivity index (χ1n) is 5.19. The maximum absolute atomic E-state index is 10.9. The minimum Gasteiger partial charge on any atom is -0.497 e. The van der Waals surface area contributed by atoms with E-state index < -0.39 is 5.97 Å². The molecule has 1 N–H and O–H groups in total. The number of carbonyl (C=O) groups is 1. The first kappa shape index (κ1) is 13.4. The molecule has 0 amide bonds. The number of nitrogens with zero attached hydrogens (tertiary/aromatic N) is 1. The molecule has 0 unspecified atom stereocenters. The van der Waals surface area contributed by atoms with Crippen molar-refractivity contribution >= 4 is 21.9 Å². The number of aromatic nitrogens is 1. The molecule has 0 aliphatic rings. The third-order valence-corrected chi connectivity index (χ3v) is 3.23. The lowest BCUT2D eigenvalue weighted by Crippen LogP contribution is -1.96. The van der Waals surface area contributed by atoms with Crippen molar-refractivity contribution in [2.75, 3.05) is 14.2 Å². The molecule has 1 aromatic carbocycles. The Morgan fingerprint density at radius 2 is 2.11 bits per heavy atom. The highest BCUT2D eigenvalue weighted by atomic mass is 79.9. The highest BCUT2D eigenvalue weighted by Gasteiger charge is 2.23. The second-order valence-electron chi connectivity index (χ2n) is 3.55. The number of carboxylic acid groups (broad SMARTS) is 1. The number of hydrogen-bond donors (Lipinski definition) is 1. The van der Waals surface area contributed by atoms with Crippen LogP contribution in [0.5, 0.6) is 11.5 Å². The molecule has 0 aliphatic heterocycles. The summed E-state index contributed by atoms with van der Waals surface area (Å²) in [6.45, 7) is 0. The number of benzene rings is 1. The van der Waals surface area contributed by atoms with Gasteiger partial charge in [-0.15, -0.1) is 0 Å². The topological polar surface area (TPSA) is 81.8 Å². The van der Waals surface area contributed by atoms with Gasteiger partial charge in [-0.3, -0.25) is 0 Å². The second kappa shape index (κ2) is 5.31. The van der Waals surface area contributed by atoms with Crippen LogP contribution in [-0.2, 0) is 0 Å². The highest BCUT2D eigenvalue weighted by Crippen LogP contribution is 2.38. The Balaban J connectivity index is 2.60. The van der Waals surface area contributed by atoms with Crippen LogP contribution in [0.4, 0.5) is 0 Å². The molecule has 7 heteroatoms. The zero-order valence-corrected chi connectivity index (χ0v) is 11.7. The third-order valence-electron chi connectivity index (χ3n) is 2.49. The van der Waals surface area contributed by atoms with Crippen LogP contribution in [0.1, 0.15) is 10.5 Å². The number of hydrogen-bond acceptors (Lipinski definition) is 5. The molecule has 2 rings (SSSR count). The average molecular weight is 328 g/mol. The first-order valence-corrected chi connectivity index (χ1v) is 5.98. The van der Waals surface area contributed by atoms with E-state index in [0.29, 0.717) is 17.1 Å². The van der Waals surface area contributed by atoms with E-state index in [2.05, 4.69) is 21.1 Å². The van der Waals surface area contributed by atoms with Crippen molar-refractivity contribution in [2.45, 2.75) is 0 Å². The van der Waals surface area contributed by atoms with Crippen molar-refractivity contribution in [3.8, 4) is 22.8 Å². The summed E-state index contributed by atoms with van der Waals surface area (Å²) in [5, 5.41) is 12.4. The summed E-state index contributed by atoms with van der Waals surface area (Å²) in [7, 11) is 3.04. The minimum atomic E-state index is -1.18. The lowest BCUT2D eigenvalue weighted by atomic mass is 10.1. The number of halogens is 1. The maximum atomic E-state index is 10.9. The van der Waals surface area contributed by atoms with Gasteiger partial charge in [0.2, 0.25) is 5.69 Å². The van der Waals surface area contributed by atoms with E-state index in [9.17, 15) is 4.79 Å². The minimum absolute atomic E-state index is 0.195. The van der Waals surface area contributed by atoms with Gasteiger partial charge in [0.15, 0.2) is 5.76 Å². The summed E-state index contributed by atoms with van der Waals surface area (Å²) in [4.78, 5) is 10.9. The Morgan fingerprint density at radius 1 is 1.37 bits per heavy atom. The van der Waals surface area contributed by atoms with Crippen molar-refractivity contribution in [3.63, 3.8) is 0 Å². The van der Waals surface area contributed by atoms with Crippen LogP contribution in [0.2, 0.25) is 0 Å². The molecule has 0 saturated carbocycles. The average Bonchev–Trinajstić information content (AvgIpc) is 2.79. The predicted molar refractivity (Wildman–Crippen MR) is 69.7 cm³/mol. The molecule has 0 aliphatic carbocycles. The Morgan fingerprint density at radius 3 is 2.63 bits per heavy atom. The SMILES string of the molecule is COc1ccc(OC)c(-c2onc(C(=O)O)c2Br)c1. The van der Waals surface area contributed by atoms with Crippen molar-refractivity contribution in [1.82, 2.24) is 5.16 Å². The van der Waals surface area contributed by atoms with Crippen LogP contribution in [-0.4, -0.2) is 30.5 Å². The Hall–Kier alpha value is -2.02. The molecular weight excluding hydrogens is 318 g/mol. The van der Waals surface area contributed by atoms with Crippen molar-refractivity contribution in [1.29, 1.82) is 0 Å². The molecule has 0 saturated heterocycles. The lowest BCUT2D eigenvalue weighted by molar-refractivity contribution is 0.0685. The first-order chi connectivity index (χ1) is 9.08. The Labute approximate surface area is 117 Å². The number of ether oxygens (including phenoxy) is 2. The monoisotopic (exact) mass is 327 g/mol. The van der Waals surface area contributed by atoms with Gasteiger partial charge < -0.3 is 19.1 Å². The summed E-state index contributed by atoms with van der Waals surface area (Å²) >= 11 is 3.16. The molecule has 0 bridgehead atoms. The van der Waals surface area contributed by atoms with Crippen LogP contribution < -0.4 is 9.47 Å². The fraction of sp³-hybridized carbons (Fsp3) is 0.167. The molecule has 1 heterocycles. The van der Waals surface area contributed by atoms with E-state index in [1.165, 1.54) is 14.2 Å².